The molecule has 0 bridgehead atoms. The standard InChI is InChI=1S/C10H5BrCl2N4/c11-6-2-1-4(7(12)8(6)13)9-5(3-14)10(15)17-16-9/h1-2H,(H3,15,16,17). The van der Waals surface area contributed by atoms with Gasteiger partial charge in [0.2, 0.25) is 0 Å². The maximum atomic E-state index is 8.99. The molecule has 0 unspecified atom stereocenters. The molecular formula is C10H5BrCl2N4. The molecule has 0 spiro atoms. The minimum Gasteiger partial charge on any atom is -0.383 e. The lowest BCUT2D eigenvalue weighted by atomic mass is 10.1. The van der Waals surface area contributed by atoms with E-state index in [0.29, 0.717) is 25.8 Å². The predicted octanol–water partition coefficient (Wildman–Crippen LogP) is 3.60. The van der Waals surface area contributed by atoms with Gasteiger partial charge in [0, 0.05) is 10.0 Å². The van der Waals surface area contributed by atoms with E-state index in [0.717, 1.165) is 0 Å². The molecule has 0 fully saturated rings. The molecule has 0 aliphatic carbocycles. The van der Waals surface area contributed by atoms with Gasteiger partial charge in [-0.15, -0.1) is 0 Å². The maximum absolute atomic E-state index is 8.99. The van der Waals surface area contributed by atoms with Crippen molar-refractivity contribution < 1.29 is 0 Å². The lowest BCUT2D eigenvalue weighted by Crippen LogP contribution is -1.88. The molecule has 0 atom stereocenters. The van der Waals surface area contributed by atoms with E-state index < -0.39 is 0 Å². The number of nitrogens with two attached hydrogens (primary N) is 1. The molecule has 3 N–H and O–H groups in total. The van der Waals surface area contributed by atoms with Gasteiger partial charge in [-0.25, -0.2) is 0 Å². The molecule has 86 valence electrons. The normalized spacial score (nSPS) is 10.2. The Kier molecular flexibility index (Phi) is 3.29. The summed E-state index contributed by atoms with van der Waals surface area (Å²) in [5, 5.41) is 16.2. The first-order valence-corrected chi connectivity index (χ1v) is 5.99. The summed E-state index contributed by atoms with van der Waals surface area (Å²) in [6.45, 7) is 0. The summed E-state index contributed by atoms with van der Waals surface area (Å²) < 4.78 is 0.676. The maximum Gasteiger partial charge on any atom is 0.137 e. The molecule has 0 aliphatic rings. The molecule has 7 heteroatoms. The Bertz CT molecular complexity index is 630. The fraction of sp³-hybridized carbons (Fsp3) is 0. The summed E-state index contributed by atoms with van der Waals surface area (Å²) in [5.41, 5.74) is 6.79. The van der Waals surface area contributed by atoms with Crippen LogP contribution in [0.2, 0.25) is 10.0 Å². The fourth-order valence-electron chi connectivity index (χ4n) is 1.37. The molecule has 1 aromatic heterocycles. The monoisotopic (exact) mass is 330 g/mol. The Morgan fingerprint density at radius 3 is 2.71 bits per heavy atom. The second-order valence-corrected chi connectivity index (χ2v) is 4.81. The van der Waals surface area contributed by atoms with Gasteiger partial charge >= 0.3 is 0 Å². The van der Waals surface area contributed by atoms with Crippen molar-refractivity contribution >= 4 is 44.9 Å². The SMILES string of the molecule is N#Cc1c(-c2ccc(Br)c(Cl)c2Cl)n[nH]c1N. The largest absolute Gasteiger partial charge is 0.383 e. The van der Waals surface area contributed by atoms with E-state index in [1.165, 1.54) is 0 Å². The van der Waals surface area contributed by atoms with Crippen molar-refractivity contribution in [1.82, 2.24) is 10.2 Å². The number of halogens is 3. The van der Waals surface area contributed by atoms with Crippen LogP contribution in [0, 0.1) is 11.3 Å². The zero-order valence-corrected chi connectivity index (χ0v) is 11.4. The van der Waals surface area contributed by atoms with Crippen molar-refractivity contribution in [1.29, 1.82) is 5.26 Å². The molecular weight excluding hydrogens is 327 g/mol. The van der Waals surface area contributed by atoms with Crippen LogP contribution < -0.4 is 5.73 Å². The van der Waals surface area contributed by atoms with Gasteiger partial charge in [0.15, 0.2) is 0 Å². The number of nitriles is 1. The van der Waals surface area contributed by atoms with Crippen LogP contribution in [0.1, 0.15) is 5.56 Å². The van der Waals surface area contributed by atoms with E-state index in [1.54, 1.807) is 12.1 Å². The third kappa shape index (κ3) is 2.00. The van der Waals surface area contributed by atoms with Gasteiger partial charge in [-0.2, -0.15) is 10.4 Å². The van der Waals surface area contributed by atoms with Gasteiger partial charge in [-0.1, -0.05) is 23.2 Å². The number of aromatic nitrogens is 2. The Hall–Kier alpha value is -1.22. The minimum absolute atomic E-state index is 0.206. The highest BCUT2D eigenvalue weighted by Gasteiger charge is 2.17. The number of nitrogens with one attached hydrogen (secondary N) is 1. The summed E-state index contributed by atoms with van der Waals surface area (Å²) >= 11 is 15.4. The van der Waals surface area contributed by atoms with Crippen molar-refractivity contribution in [2.24, 2.45) is 0 Å². The highest BCUT2D eigenvalue weighted by Crippen LogP contribution is 2.39. The lowest BCUT2D eigenvalue weighted by molar-refractivity contribution is 1.10. The molecule has 0 radical (unpaired) electrons. The average molecular weight is 332 g/mol. The minimum atomic E-state index is 0.206. The second-order valence-electron chi connectivity index (χ2n) is 3.20. The highest BCUT2D eigenvalue weighted by atomic mass is 79.9. The third-order valence-electron chi connectivity index (χ3n) is 2.20. The van der Waals surface area contributed by atoms with Gasteiger partial charge in [0.05, 0.1) is 10.0 Å². The number of nitrogens with zero attached hydrogens (tertiary/aromatic N) is 2. The number of nitrogen functional groups attached to an aromatic ring is 1. The first kappa shape index (κ1) is 12.2. The van der Waals surface area contributed by atoms with Gasteiger partial charge in [-0.05, 0) is 28.1 Å². The fourth-order valence-corrected chi connectivity index (χ4v) is 2.24. The summed E-state index contributed by atoms with van der Waals surface area (Å²) in [6.07, 6.45) is 0. The zero-order chi connectivity index (χ0) is 12.6. The molecule has 0 aliphatic heterocycles. The van der Waals surface area contributed by atoms with Crippen LogP contribution in [-0.4, -0.2) is 10.2 Å². The first-order valence-electron chi connectivity index (χ1n) is 4.44. The van der Waals surface area contributed by atoms with Crippen molar-refractivity contribution in [3.05, 3.63) is 32.2 Å². The summed E-state index contributed by atoms with van der Waals surface area (Å²) in [7, 11) is 0. The number of H-pyrrole nitrogens is 1. The number of hydrogen-bond donors (Lipinski definition) is 2. The van der Waals surface area contributed by atoms with Crippen LogP contribution in [0.25, 0.3) is 11.3 Å². The number of hydrogen-bond acceptors (Lipinski definition) is 3. The number of rotatable bonds is 1. The van der Waals surface area contributed by atoms with Crippen LogP contribution in [0.4, 0.5) is 5.82 Å². The van der Waals surface area contributed by atoms with Crippen LogP contribution >= 0.6 is 39.1 Å². The van der Waals surface area contributed by atoms with Crippen LogP contribution in [0.3, 0.4) is 0 Å². The summed E-state index contributed by atoms with van der Waals surface area (Å²) in [5.74, 6) is 0.206. The molecule has 2 aromatic rings. The molecule has 4 nitrogen and oxygen atoms in total. The van der Waals surface area contributed by atoms with E-state index >= 15 is 0 Å². The Morgan fingerprint density at radius 1 is 1.35 bits per heavy atom. The molecule has 2 rings (SSSR count). The smallest absolute Gasteiger partial charge is 0.137 e. The van der Waals surface area contributed by atoms with Crippen molar-refractivity contribution in [3.63, 3.8) is 0 Å². The average Bonchev–Trinajstić information content (AvgIpc) is 2.67. The molecule has 17 heavy (non-hydrogen) atoms. The predicted molar refractivity (Wildman–Crippen MR) is 70.9 cm³/mol. The lowest BCUT2D eigenvalue weighted by Gasteiger charge is -2.05. The van der Waals surface area contributed by atoms with Crippen molar-refractivity contribution in [2.45, 2.75) is 0 Å². The van der Waals surface area contributed by atoms with Gasteiger partial charge in [0.25, 0.3) is 0 Å². The molecule has 0 saturated heterocycles. The van der Waals surface area contributed by atoms with Crippen molar-refractivity contribution in [2.75, 3.05) is 5.73 Å². The number of anilines is 1. The Balaban J connectivity index is 2.70. The topological polar surface area (TPSA) is 78.5 Å². The highest BCUT2D eigenvalue weighted by molar-refractivity contribution is 9.10. The van der Waals surface area contributed by atoms with E-state index in [-0.39, 0.29) is 11.4 Å². The van der Waals surface area contributed by atoms with Gasteiger partial charge in [0.1, 0.15) is 23.1 Å². The second kappa shape index (κ2) is 4.57. The summed E-state index contributed by atoms with van der Waals surface area (Å²) in [4.78, 5) is 0. The quantitative estimate of drug-likeness (QED) is 0.783. The Morgan fingerprint density at radius 2 is 2.06 bits per heavy atom. The first-order chi connectivity index (χ1) is 8.06. The van der Waals surface area contributed by atoms with Crippen molar-refractivity contribution in [3.8, 4) is 17.3 Å². The third-order valence-corrected chi connectivity index (χ3v) is 3.97. The van der Waals surface area contributed by atoms with Gasteiger partial charge < -0.3 is 5.73 Å². The molecule has 0 amide bonds. The van der Waals surface area contributed by atoms with Crippen LogP contribution in [0.5, 0.6) is 0 Å². The van der Waals surface area contributed by atoms with Gasteiger partial charge in [-0.3, -0.25) is 5.10 Å². The zero-order valence-electron chi connectivity index (χ0n) is 8.26. The van der Waals surface area contributed by atoms with E-state index in [2.05, 4.69) is 26.1 Å². The molecule has 1 heterocycles. The Labute approximate surface area is 115 Å². The molecule has 0 saturated carbocycles. The van der Waals surface area contributed by atoms with Crippen LogP contribution in [-0.2, 0) is 0 Å². The van der Waals surface area contributed by atoms with E-state index in [4.69, 9.17) is 34.2 Å². The number of benzene rings is 1. The number of aromatic amines is 1. The molecule has 1 aromatic carbocycles. The van der Waals surface area contributed by atoms with Crippen LogP contribution in [0.15, 0.2) is 16.6 Å². The van der Waals surface area contributed by atoms with E-state index in [1.807, 2.05) is 6.07 Å². The van der Waals surface area contributed by atoms with E-state index in [9.17, 15) is 0 Å². The summed E-state index contributed by atoms with van der Waals surface area (Å²) in [6, 6.07) is 5.42.